The zero-order chi connectivity index (χ0) is 16.3. The van der Waals surface area contributed by atoms with Gasteiger partial charge < -0.3 is 10.4 Å². The number of alkyl halides is 3. The molecule has 1 aromatic rings. The number of carboxylic acid groups (broad SMARTS) is 1. The maximum atomic E-state index is 12.5. The summed E-state index contributed by atoms with van der Waals surface area (Å²) in [5, 5.41) is 11.8. The number of nitrogens with one attached hydrogen (secondary N) is 1. The number of anilines is 1. The minimum Gasteiger partial charge on any atom is -0.481 e. The summed E-state index contributed by atoms with van der Waals surface area (Å²) >= 11 is 0. The van der Waals surface area contributed by atoms with Crippen molar-refractivity contribution < 1.29 is 23.1 Å². The number of aliphatic carboxylic acids is 1. The minimum atomic E-state index is -4.52. The van der Waals surface area contributed by atoms with Crippen molar-refractivity contribution in [2.24, 2.45) is 11.3 Å². The van der Waals surface area contributed by atoms with Crippen molar-refractivity contribution in [3.63, 3.8) is 0 Å². The topological polar surface area (TPSA) is 62.2 Å². The van der Waals surface area contributed by atoms with Crippen molar-refractivity contribution >= 4 is 11.8 Å². The molecule has 0 amide bonds. The van der Waals surface area contributed by atoms with Crippen LogP contribution in [0, 0.1) is 11.3 Å². The van der Waals surface area contributed by atoms with Gasteiger partial charge in [-0.15, -0.1) is 0 Å². The lowest BCUT2D eigenvalue weighted by Gasteiger charge is -2.23. The molecule has 0 saturated heterocycles. The number of pyridine rings is 1. The summed E-state index contributed by atoms with van der Waals surface area (Å²) in [6.45, 7) is 5.75. The van der Waals surface area contributed by atoms with Crippen LogP contribution in [-0.4, -0.2) is 22.6 Å². The van der Waals surface area contributed by atoms with Crippen LogP contribution in [0.2, 0.25) is 0 Å². The molecule has 0 spiro atoms. The van der Waals surface area contributed by atoms with E-state index < -0.39 is 23.8 Å². The maximum absolute atomic E-state index is 12.5. The van der Waals surface area contributed by atoms with Gasteiger partial charge in [-0.25, -0.2) is 4.98 Å². The third kappa shape index (κ3) is 6.01. The molecule has 0 aromatic carbocycles. The Morgan fingerprint density at radius 2 is 1.95 bits per heavy atom. The van der Waals surface area contributed by atoms with Crippen LogP contribution < -0.4 is 5.32 Å². The molecule has 118 valence electrons. The molecule has 0 saturated carbocycles. The van der Waals surface area contributed by atoms with Gasteiger partial charge in [0.2, 0.25) is 0 Å². The van der Waals surface area contributed by atoms with E-state index in [0.29, 0.717) is 6.42 Å². The monoisotopic (exact) mass is 304 g/mol. The lowest BCUT2D eigenvalue weighted by Crippen LogP contribution is -2.27. The summed E-state index contributed by atoms with van der Waals surface area (Å²) in [5.41, 5.74) is -1.19. The molecule has 1 atom stereocenters. The van der Waals surface area contributed by atoms with Gasteiger partial charge in [0, 0.05) is 6.54 Å². The predicted octanol–water partition coefficient (Wildman–Crippen LogP) is 3.65. The highest BCUT2D eigenvalue weighted by Crippen LogP contribution is 2.28. The molecule has 1 unspecified atom stereocenters. The molecule has 21 heavy (non-hydrogen) atoms. The number of aromatic nitrogens is 1. The summed E-state index contributed by atoms with van der Waals surface area (Å²) in [5.74, 6) is -1.66. The number of hydrogen-bond acceptors (Lipinski definition) is 3. The van der Waals surface area contributed by atoms with Crippen LogP contribution >= 0.6 is 0 Å². The first-order valence-electron chi connectivity index (χ1n) is 6.50. The van der Waals surface area contributed by atoms with Gasteiger partial charge in [0.05, 0.1) is 5.92 Å². The van der Waals surface area contributed by atoms with Crippen molar-refractivity contribution in [2.45, 2.75) is 33.4 Å². The Labute approximate surface area is 121 Å². The van der Waals surface area contributed by atoms with Crippen LogP contribution in [0.15, 0.2) is 18.2 Å². The van der Waals surface area contributed by atoms with Crippen molar-refractivity contribution in [1.29, 1.82) is 0 Å². The second kappa shape index (κ2) is 6.32. The molecule has 1 rings (SSSR count). The first-order valence-corrected chi connectivity index (χ1v) is 6.50. The first-order chi connectivity index (χ1) is 9.49. The van der Waals surface area contributed by atoms with E-state index in [1.54, 1.807) is 0 Å². The standard InChI is InChI=1S/C14H19F3N2O2/c1-13(2,3)7-9(12(20)21)8-18-11-6-4-5-10(19-11)14(15,16)17/h4-6,9H,7-8H2,1-3H3,(H,18,19)(H,20,21). The number of carboxylic acids is 1. The highest BCUT2D eigenvalue weighted by molar-refractivity contribution is 5.70. The van der Waals surface area contributed by atoms with Crippen molar-refractivity contribution in [2.75, 3.05) is 11.9 Å². The molecule has 0 aliphatic rings. The van der Waals surface area contributed by atoms with E-state index in [1.165, 1.54) is 12.1 Å². The molecule has 1 aromatic heterocycles. The Bertz CT molecular complexity index is 496. The summed E-state index contributed by atoms with van der Waals surface area (Å²) < 4.78 is 37.6. The zero-order valence-corrected chi connectivity index (χ0v) is 12.2. The fraction of sp³-hybridized carbons (Fsp3) is 0.571. The number of hydrogen-bond donors (Lipinski definition) is 2. The van der Waals surface area contributed by atoms with E-state index in [9.17, 15) is 18.0 Å². The van der Waals surface area contributed by atoms with Gasteiger partial charge in [-0.1, -0.05) is 26.8 Å². The molecule has 4 nitrogen and oxygen atoms in total. The van der Waals surface area contributed by atoms with Gasteiger partial charge in [0.25, 0.3) is 0 Å². The number of halogens is 3. The summed E-state index contributed by atoms with van der Waals surface area (Å²) in [7, 11) is 0. The summed E-state index contributed by atoms with van der Waals surface area (Å²) in [6, 6.07) is 3.48. The van der Waals surface area contributed by atoms with E-state index in [0.717, 1.165) is 6.07 Å². The summed E-state index contributed by atoms with van der Waals surface area (Å²) in [4.78, 5) is 14.6. The third-order valence-corrected chi connectivity index (χ3v) is 2.78. The van der Waals surface area contributed by atoms with Crippen molar-refractivity contribution in [1.82, 2.24) is 4.98 Å². The molecule has 1 heterocycles. The normalized spacial score (nSPS) is 13.8. The van der Waals surface area contributed by atoms with Gasteiger partial charge >= 0.3 is 12.1 Å². The van der Waals surface area contributed by atoms with Crippen LogP contribution in [0.4, 0.5) is 19.0 Å². The van der Waals surface area contributed by atoms with Gasteiger partial charge in [0.15, 0.2) is 0 Å². The summed E-state index contributed by atoms with van der Waals surface area (Å²) in [6.07, 6.45) is -4.11. The van der Waals surface area contributed by atoms with E-state index in [-0.39, 0.29) is 17.8 Å². The van der Waals surface area contributed by atoms with E-state index in [4.69, 9.17) is 5.11 Å². The Hall–Kier alpha value is -1.79. The Morgan fingerprint density at radius 3 is 2.43 bits per heavy atom. The molecule has 0 aliphatic heterocycles. The van der Waals surface area contributed by atoms with Crippen LogP contribution in [0.1, 0.15) is 32.9 Å². The smallest absolute Gasteiger partial charge is 0.433 e. The highest BCUT2D eigenvalue weighted by Gasteiger charge is 2.32. The molecule has 0 radical (unpaired) electrons. The van der Waals surface area contributed by atoms with Gasteiger partial charge in [0.1, 0.15) is 11.5 Å². The average molecular weight is 304 g/mol. The Balaban J connectivity index is 2.75. The van der Waals surface area contributed by atoms with E-state index in [1.807, 2.05) is 20.8 Å². The second-order valence-electron chi connectivity index (χ2n) is 6.09. The molecular formula is C14H19F3N2O2. The second-order valence-corrected chi connectivity index (χ2v) is 6.09. The SMILES string of the molecule is CC(C)(C)CC(CNc1cccc(C(F)(F)F)n1)C(=O)O. The molecule has 0 fully saturated rings. The highest BCUT2D eigenvalue weighted by atomic mass is 19.4. The van der Waals surface area contributed by atoms with Crippen LogP contribution in [0.3, 0.4) is 0 Å². The van der Waals surface area contributed by atoms with Gasteiger partial charge in [-0.3, -0.25) is 4.79 Å². The molecule has 0 bridgehead atoms. The predicted molar refractivity (Wildman–Crippen MR) is 72.9 cm³/mol. The Morgan fingerprint density at radius 1 is 1.33 bits per heavy atom. The van der Waals surface area contributed by atoms with E-state index >= 15 is 0 Å². The zero-order valence-electron chi connectivity index (χ0n) is 12.2. The molecular weight excluding hydrogens is 285 g/mol. The lowest BCUT2D eigenvalue weighted by atomic mass is 9.84. The number of rotatable bonds is 5. The average Bonchev–Trinajstić information content (AvgIpc) is 2.32. The Kier molecular flexibility index (Phi) is 5.20. The van der Waals surface area contributed by atoms with Crippen LogP contribution in [0.5, 0.6) is 0 Å². The number of nitrogens with zero attached hydrogens (tertiary/aromatic N) is 1. The van der Waals surface area contributed by atoms with Crippen LogP contribution in [-0.2, 0) is 11.0 Å². The maximum Gasteiger partial charge on any atom is 0.433 e. The molecule has 7 heteroatoms. The third-order valence-electron chi connectivity index (χ3n) is 2.78. The van der Waals surface area contributed by atoms with Crippen molar-refractivity contribution in [3.8, 4) is 0 Å². The number of carbonyl (C=O) groups is 1. The van der Waals surface area contributed by atoms with Crippen LogP contribution in [0.25, 0.3) is 0 Å². The van der Waals surface area contributed by atoms with Gasteiger partial charge in [-0.2, -0.15) is 13.2 Å². The molecule has 0 aliphatic carbocycles. The quantitative estimate of drug-likeness (QED) is 0.871. The first kappa shape index (κ1) is 17.3. The van der Waals surface area contributed by atoms with E-state index in [2.05, 4.69) is 10.3 Å². The van der Waals surface area contributed by atoms with Gasteiger partial charge in [-0.05, 0) is 24.0 Å². The minimum absolute atomic E-state index is 0.0185. The lowest BCUT2D eigenvalue weighted by molar-refractivity contribution is -0.142. The fourth-order valence-electron chi connectivity index (χ4n) is 1.90. The largest absolute Gasteiger partial charge is 0.481 e. The fourth-order valence-corrected chi connectivity index (χ4v) is 1.90. The van der Waals surface area contributed by atoms with Crippen molar-refractivity contribution in [3.05, 3.63) is 23.9 Å². The molecule has 2 N–H and O–H groups in total.